The number of thioether (sulfide) groups is 2. The SMILES string of the molecule is CCCCN1C(=O)C(=C2Sc3ccccc3N2CC)SC1=Nc1ccc(OCC)cc1. The van der Waals surface area contributed by atoms with E-state index in [2.05, 4.69) is 30.9 Å². The number of rotatable bonds is 7. The molecule has 0 bridgehead atoms. The van der Waals surface area contributed by atoms with Crippen LogP contribution in [0.3, 0.4) is 0 Å². The number of unbranched alkanes of at least 4 members (excludes halogenated alkanes) is 1. The first-order valence-electron chi connectivity index (χ1n) is 10.8. The van der Waals surface area contributed by atoms with E-state index in [1.807, 2.05) is 48.2 Å². The molecule has 2 aliphatic rings. The number of fused-ring (bicyclic) bond motifs is 1. The van der Waals surface area contributed by atoms with Gasteiger partial charge in [0.15, 0.2) is 5.17 Å². The van der Waals surface area contributed by atoms with Crippen LogP contribution in [0.4, 0.5) is 11.4 Å². The first-order chi connectivity index (χ1) is 15.2. The Morgan fingerprint density at radius 2 is 1.74 bits per heavy atom. The average molecular weight is 454 g/mol. The van der Waals surface area contributed by atoms with E-state index >= 15 is 0 Å². The number of para-hydroxylation sites is 1. The van der Waals surface area contributed by atoms with Gasteiger partial charge in [0.2, 0.25) is 0 Å². The summed E-state index contributed by atoms with van der Waals surface area (Å²) >= 11 is 3.16. The highest BCUT2D eigenvalue weighted by Gasteiger charge is 2.39. The zero-order valence-corrected chi connectivity index (χ0v) is 19.8. The molecule has 5 nitrogen and oxygen atoms in total. The number of nitrogens with zero attached hydrogens (tertiary/aromatic N) is 3. The van der Waals surface area contributed by atoms with E-state index in [4.69, 9.17) is 9.73 Å². The van der Waals surface area contributed by atoms with Crippen LogP contribution in [0.5, 0.6) is 5.75 Å². The summed E-state index contributed by atoms with van der Waals surface area (Å²) in [4.78, 5) is 24.3. The predicted molar refractivity (Wildman–Crippen MR) is 131 cm³/mol. The van der Waals surface area contributed by atoms with Gasteiger partial charge < -0.3 is 9.64 Å². The summed E-state index contributed by atoms with van der Waals surface area (Å²) in [5.41, 5.74) is 1.99. The third kappa shape index (κ3) is 4.48. The van der Waals surface area contributed by atoms with Gasteiger partial charge in [-0.25, -0.2) is 4.99 Å². The lowest BCUT2D eigenvalue weighted by molar-refractivity contribution is -0.122. The van der Waals surface area contributed by atoms with Gasteiger partial charge in [0, 0.05) is 18.0 Å². The first-order valence-corrected chi connectivity index (χ1v) is 12.4. The smallest absolute Gasteiger partial charge is 0.269 e. The number of amides is 1. The lowest BCUT2D eigenvalue weighted by Gasteiger charge is -2.19. The molecule has 2 aromatic carbocycles. The second kappa shape index (κ2) is 9.83. The van der Waals surface area contributed by atoms with Crippen LogP contribution in [0, 0.1) is 0 Å². The van der Waals surface area contributed by atoms with E-state index in [0.717, 1.165) is 45.9 Å². The number of anilines is 1. The van der Waals surface area contributed by atoms with Crippen molar-refractivity contribution in [1.82, 2.24) is 4.90 Å². The minimum atomic E-state index is 0.0527. The number of aliphatic imine (C=N–C) groups is 1. The number of amidine groups is 1. The minimum Gasteiger partial charge on any atom is -0.494 e. The molecule has 2 aliphatic heterocycles. The van der Waals surface area contributed by atoms with Crippen molar-refractivity contribution in [3.8, 4) is 5.75 Å². The fraction of sp³-hybridized carbons (Fsp3) is 0.333. The molecule has 0 radical (unpaired) electrons. The van der Waals surface area contributed by atoms with Crippen molar-refractivity contribution in [2.45, 2.75) is 38.5 Å². The summed E-state index contributed by atoms with van der Waals surface area (Å²) in [6.45, 7) is 8.35. The number of hydrogen-bond acceptors (Lipinski definition) is 6. The van der Waals surface area contributed by atoms with Gasteiger partial charge in [-0.15, -0.1) is 0 Å². The van der Waals surface area contributed by atoms with Crippen molar-refractivity contribution in [1.29, 1.82) is 0 Å². The maximum atomic E-state index is 13.5. The molecule has 1 amide bonds. The standard InChI is InChI=1S/C24H27N3O2S2/c1-4-7-16-27-22(28)21(23-26(5-2)19-10-8-9-11-20(19)30-23)31-24(27)25-17-12-14-18(15-13-17)29-6-3/h8-15H,4-7,16H2,1-3H3. The van der Waals surface area contributed by atoms with Crippen LogP contribution < -0.4 is 9.64 Å². The Hall–Kier alpha value is -2.38. The number of ether oxygens (including phenoxy) is 1. The van der Waals surface area contributed by atoms with E-state index in [1.165, 1.54) is 22.3 Å². The molecular formula is C24H27N3O2S2. The van der Waals surface area contributed by atoms with E-state index in [0.29, 0.717) is 13.2 Å². The monoisotopic (exact) mass is 453 g/mol. The highest BCUT2D eigenvalue weighted by molar-refractivity contribution is 8.19. The molecule has 162 valence electrons. The van der Waals surface area contributed by atoms with Gasteiger partial charge in [-0.3, -0.25) is 9.69 Å². The Bertz CT molecular complexity index is 1020. The molecule has 1 fully saturated rings. The molecule has 0 atom stereocenters. The number of hydrogen-bond donors (Lipinski definition) is 0. The van der Waals surface area contributed by atoms with Gasteiger partial charge in [-0.2, -0.15) is 0 Å². The topological polar surface area (TPSA) is 45.1 Å². The number of benzene rings is 2. The number of carbonyl (C=O) groups is 1. The van der Waals surface area contributed by atoms with Crippen molar-refractivity contribution < 1.29 is 9.53 Å². The lowest BCUT2D eigenvalue weighted by Crippen LogP contribution is -2.30. The van der Waals surface area contributed by atoms with Gasteiger partial charge in [-0.05, 0) is 68.4 Å². The summed E-state index contributed by atoms with van der Waals surface area (Å²) in [6.07, 6.45) is 1.97. The Labute approximate surface area is 192 Å². The van der Waals surface area contributed by atoms with Gasteiger partial charge >= 0.3 is 0 Å². The van der Waals surface area contributed by atoms with Crippen molar-refractivity contribution in [2.24, 2.45) is 4.99 Å². The van der Waals surface area contributed by atoms with Gasteiger partial charge in [0.05, 0.1) is 18.0 Å². The molecule has 0 aromatic heterocycles. The lowest BCUT2D eigenvalue weighted by atomic mass is 10.3. The molecule has 0 saturated carbocycles. The third-order valence-corrected chi connectivity index (χ3v) is 7.47. The molecule has 7 heteroatoms. The Morgan fingerprint density at radius 3 is 2.45 bits per heavy atom. The van der Waals surface area contributed by atoms with Crippen LogP contribution in [0.25, 0.3) is 0 Å². The molecule has 0 aliphatic carbocycles. The summed E-state index contributed by atoms with van der Waals surface area (Å²) < 4.78 is 5.53. The van der Waals surface area contributed by atoms with Crippen LogP contribution in [0.2, 0.25) is 0 Å². The predicted octanol–water partition coefficient (Wildman–Crippen LogP) is 6.25. The van der Waals surface area contributed by atoms with E-state index in [9.17, 15) is 4.79 Å². The highest BCUT2D eigenvalue weighted by atomic mass is 32.2. The Kier molecular flexibility index (Phi) is 6.92. The molecule has 0 unspecified atom stereocenters. The summed E-state index contributed by atoms with van der Waals surface area (Å²) in [5, 5.41) is 1.76. The third-order valence-electron chi connectivity index (χ3n) is 5.09. The molecule has 31 heavy (non-hydrogen) atoms. The van der Waals surface area contributed by atoms with Crippen LogP contribution in [-0.4, -0.2) is 35.7 Å². The molecule has 2 aromatic rings. The fourth-order valence-corrected chi connectivity index (χ4v) is 5.96. The van der Waals surface area contributed by atoms with E-state index in [-0.39, 0.29) is 5.91 Å². The van der Waals surface area contributed by atoms with Crippen LogP contribution in [0.1, 0.15) is 33.6 Å². The fourth-order valence-electron chi connectivity index (χ4n) is 3.54. The van der Waals surface area contributed by atoms with Crippen molar-refractivity contribution >= 4 is 46.0 Å². The van der Waals surface area contributed by atoms with E-state index < -0.39 is 0 Å². The molecule has 2 heterocycles. The minimum absolute atomic E-state index is 0.0527. The maximum Gasteiger partial charge on any atom is 0.269 e. The van der Waals surface area contributed by atoms with E-state index in [1.54, 1.807) is 11.8 Å². The molecule has 0 spiro atoms. The molecule has 0 N–H and O–H groups in total. The normalized spacial score (nSPS) is 19.5. The van der Waals surface area contributed by atoms with Gasteiger partial charge in [0.1, 0.15) is 15.7 Å². The largest absolute Gasteiger partial charge is 0.494 e. The van der Waals surface area contributed by atoms with Crippen molar-refractivity contribution in [3.05, 3.63) is 58.5 Å². The van der Waals surface area contributed by atoms with Crippen molar-refractivity contribution in [2.75, 3.05) is 24.6 Å². The second-order valence-corrected chi connectivity index (χ2v) is 9.19. The maximum absolute atomic E-state index is 13.5. The number of carbonyl (C=O) groups excluding carboxylic acids is 1. The zero-order chi connectivity index (χ0) is 21.8. The summed E-state index contributed by atoms with van der Waals surface area (Å²) in [7, 11) is 0. The van der Waals surface area contributed by atoms with Gasteiger partial charge in [0.25, 0.3) is 5.91 Å². The Balaban J connectivity index is 1.68. The molecule has 4 rings (SSSR count). The van der Waals surface area contributed by atoms with Crippen LogP contribution in [-0.2, 0) is 4.79 Å². The first kappa shape index (κ1) is 21.8. The summed E-state index contributed by atoms with van der Waals surface area (Å²) in [6, 6.07) is 16.0. The molecule has 1 saturated heterocycles. The molecular weight excluding hydrogens is 426 g/mol. The van der Waals surface area contributed by atoms with Crippen molar-refractivity contribution in [3.63, 3.8) is 0 Å². The van der Waals surface area contributed by atoms with Crippen LogP contribution >= 0.6 is 23.5 Å². The second-order valence-electron chi connectivity index (χ2n) is 7.18. The quantitative estimate of drug-likeness (QED) is 0.464. The summed E-state index contributed by atoms with van der Waals surface area (Å²) in [5.74, 6) is 0.878. The van der Waals surface area contributed by atoms with Gasteiger partial charge in [-0.1, -0.05) is 37.2 Å². The Morgan fingerprint density at radius 1 is 0.968 bits per heavy atom. The highest BCUT2D eigenvalue weighted by Crippen LogP contribution is 2.50. The van der Waals surface area contributed by atoms with Crippen LogP contribution in [0.15, 0.2) is 68.4 Å². The zero-order valence-electron chi connectivity index (χ0n) is 18.1. The average Bonchev–Trinajstić information content (AvgIpc) is 3.30.